The number of carbonyl (C=O) groups excluding carboxylic acids is 1. The van der Waals surface area contributed by atoms with Gasteiger partial charge in [-0.15, -0.1) is 4.40 Å². The molecule has 2 aromatic carbocycles. The molecule has 10 heteroatoms. The molecule has 2 aromatic rings. The zero-order valence-electron chi connectivity index (χ0n) is 17.4. The predicted molar refractivity (Wildman–Crippen MR) is 117 cm³/mol. The first kappa shape index (κ1) is 21.1. The fraction of sp³-hybridized carbons (Fsp3) is 0.333. The van der Waals surface area contributed by atoms with Gasteiger partial charge in [0.15, 0.2) is 11.5 Å². The highest BCUT2D eigenvalue weighted by Gasteiger charge is 2.27. The van der Waals surface area contributed by atoms with Crippen molar-refractivity contribution in [3.63, 3.8) is 0 Å². The number of nitrogens with zero attached hydrogens (tertiary/aromatic N) is 3. The number of ether oxygens (including phenoxy) is 2. The molecule has 1 saturated heterocycles. The second-order valence-electron chi connectivity index (χ2n) is 7.27. The second-order valence-corrected chi connectivity index (χ2v) is 8.84. The largest absolute Gasteiger partial charge is 0.493 e. The Morgan fingerprint density at radius 3 is 2.45 bits per heavy atom. The van der Waals surface area contributed by atoms with E-state index < -0.39 is 10.0 Å². The molecule has 0 unspecified atom stereocenters. The Kier molecular flexibility index (Phi) is 5.84. The topological polar surface area (TPSA) is 101 Å². The summed E-state index contributed by atoms with van der Waals surface area (Å²) < 4.78 is 39.2. The van der Waals surface area contributed by atoms with E-state index in [1.165, 1.54) is 13.2 Å². The van der Waals surface area contributed by atoms with Crippen LogP contribution in [0.2, 0.25) is 0 Å². The van der Waals surface area contributed by atoms with Crippen molar-refractivity contribution in [1.29, 1.82) is 0 Å². The standard InChI is InChI=1S/C21H24N4O5S/c1-29-17-8-7-15(13-18(17)30-2)21(26)25-11-9-24(10-12-25)14-20-22-16-5-3-4-6-19(16)31(27,28)23-20/h3-8,13H,9-12,14H2,1-2H3,(H,22,23). The summed E-state index contributed by atoms with van der Waals surface area (Å²) >= 11 is 0. The third kappa shape index (κ3) is 4.35. The highest BCUT2D eigenvalue weighted by molar-refractivity contribution is 7.90. The van der Waals surface area contributed by atoms with E-state index in [2.05, 4.69) is 14.6 Å². The number of nitrogens with one attached hydrogen (secondary N) is 1. The Bertz CT molecular complexity index is 1120. The lowest BCUT2D eigenvalue weighted by atomic mass is 10.1. The summed E-state index contributed by atoms with van der Waals surface area (Å²) in [6.07, 6.45) is 0. The van der Waals surface area contributed by atoms with Gasteiger partial charge in [0.05, 0.1) is 26.5 Å². The highest BCUT2D eigenvalue weighted by Crippen LogP contribution is 2.29. The molecular formula is C21H24N4O5S. The SMILES string of the molecule is COc1ccc(C(=O)N2CCN(CC3=NS(=O)(=O)c4ccccc4N3)CC2)cc1OC. The summed E-state index contributed by atoms with van der Waals surface area (Å²) in [7, 11) is -0.620. The van der Waals surface area contributed by atoms with Gasteiger partial charge in [0.25, 0.3) is 15.9 Å². The van der Waals surface area contributed by atoms with Gasteiger partial charge >= 0.3 is 0 Å². The zero-order chi connectivity index (χ0) is 22.0. The van der Waals surface area contributed by atoms with Gasteiger partial charge in [-0.2, -0.15) is 8.42 Å². The first-order valence-electron chi connectivity index (χ1n) is 9.85. The summed E-state index contributed by atoms with van der Waals surface area (Å²) in [6.45, 7) is 2.66. The van der Waals surface area contributed by atoms with Crippen molar-refractivity contribution in [2.24, 2.45) is 4.40 Å². The van der Waals surface area contributed by atoms with Crippen LogP contribution in [-0.4, -0.2) is 76.9 Å². The lowest BCUT2D eigenvalue weighted by molar-refractivity contribution is 0.0654. The number of hydrogen-bond donors (Lipinski definition) is 1. The fourth-order valence-electron chi connectivity index (χ4n) is 3.71. The average molecular weight is 445 g/mol. The van der Waals surface area contributed by atoms with E-state index in [4.69, 9.17) is 9.47 Å². The van der Waals surface area contributed by atoms with Crippen molar-refractivity contribution >= 4 is 27.5 Å². The molecule has 0 aliphatic carbocycles. The van der Waals surface area contributed by atoms with Crippen molar-refractivity contribution in [3.8, 4) is 11.5 Å². The molecule has 0 radical (unpaired) electrons. The molecule has 0 bridgehead atoms. The average Bonchev–Trinajstić information content (AvgIpc) is 2.78. The molecule has 2 aliphatic heterocycles. The number of anilines is 1. The Morgan fingerprint density at radius 1 is 1.03 bits per heavy atom. The van der Waals surface area contributed by atoms with E-state index in [1.807, 2.05) is 0 Å². The first-order chi connectivity index (χ1) is 14.9. The van der Waals surface area contributed by atoms with Gasteiger partial charge in [0, 0.05) is 31.7 Å². The first-order valence-corrected chi connectivity index (χ1v) is 11.3. The van der Waals surface area contributed by atoms with Crippen molar-refractivity contribution in [2.75, 3.05) is 52.3 Å². The van der Waals surface area contributed by atoms with Crippen molar-refractivity contribution < 1.29 is 22.7 Å². The van der Waals surface area contributed by atoms with Crippen LogP contribution >= 0.6 is 0 Å². The number of carbonyl (C=O) groups is 1. The van der Waals surface area contributed by atoms with Crippen LogP contribution in [0.15, 0.2) is 51.8 Å². The molecule has 2 heterocycles. The minimum Gasteiger partial charge on any atom is -0.493 e. The van der Waals surface area contributed by atoms with Gasteiger partial charge in [-0.1, -0.05) is 12.1 Å². The molecule has 164 valence electrons. The van der Waals surface area contributed by atoms with Crippen LogP contribution in [0.5, 0.6) is 11.5 Å². The van der Waals surface area contributed by atoms with Crippen LogP contribution in [0.4, 0.5) is 5.69 Å². The molecule has 9 nitrogen and oxygen atoms in total. The molecule has 1 N–H and O–H groups in total. The Morgan fingerprint density at radius 2 is 1.74 bits per heavy atom. The Hall–Kier alpha value is -3.11. The van der Waals surface area contributed by atoms with Crippen LogP contribution in [0.3, 0.4) is 0 Å². The number of rotatable bonds is 5. The van der Waals surface area contributed by atoms with E-state index >= 15 is 0 Å². The van der Waals surface area contributed by atoms with Gasteiger partial charge in [-0.25, -0.2) is 0 Å². The van der Waals surface area contributed by atoms with Gasteiger partial charge in [-0.05, 0) is 30.3 Å². The van der Waals surface area contributed by atoms with Gasteiger partial charge in [-0.3, -0.25) is 9.69 Å². The molecule has 1 fully saturated rings. The van der Waals surface area contributed by atoms with Crippen LogP contribution in [0, 0.1) is 0 Å². The monoisotopic (exact) mass is 444 g/mol. The molecule has 31 heavy (non-hydrogen) atoms. The van der Waals surface area contributed by atoms with Crippen molar-refractivity contribution in [2.45, 2.75) is 4.90 Å². The molecule has 1 amide bonds. The van der Waals surface area contributed by atoms with E-state index in [1.54, 1.807) is 48.4 Å². The number of benzene rings is 2. The number of methoxy groups -OCH3 is 2. The normalized spacial score (nSPS) is 17.9. The summed E-state index contributed by atoms with van der Waals surface area (Å²) in [6, 6.07) is 11.8. The smallest absolute Gasteiger partial charge is 0.286 e. The van der Waals surface area contributed by atoms with Crippen LogP contribution in [0.25, 0.3) is 0 Å². The van der Waals surface area contributed by atoms with E-state index in [9.17, 15) is 13.2 Å². The number of piperazine rings is 1. The number of sulfonamides is 1. The molecule has 4 rings (SSSR count). The maximum absolute atomic E-state index is 12.9. The van der Waals surface area contributed by atoms with E-state index in [-0.39, 0.29) is 10.8 Å². The quantitative estimate of drug-likeness (QED) is 0.749. The number of para-hydroxylation sites is 1. The van der Waals surface area contributed by atoms with E-state index in [0.717, 1.165) is 0 Å². The lowest BCUT2D eigenvalue weighted by Crippen LogP contribution is -2.50. The molecule has 0 spiro atoms. The number of amidine groups is 1. The Balaban J connectivity index is 1.38. The predicted octanol–water partition coefficient (Wildman–Crippen LogP) is 1.67. The van der Waals surface area contributed by atoms with Crippen LogP contribution in [-0.2, 0) is 10.0 Å². The fourth-order valence-corrected chi connectivity index (χ4v) is 4.85. The number of hydrogen-bond acceptors (Lipinski definition) is 7. The minimum absolute atomic E-state index is 0.0785. The summed E-state index contributed by atoms with van der Waals surface area (Å²) in [5, 5.41) is 3.11. The summed E-state index contributed by atoms with van der Waals surface area (Å²) in [5.74, 6) is 1.39. The number of fused-ring (bicyclic) bond motifs is 1. The molecule has 0 atom stereocenters. The summed E-state index contributed by atoms with van der Waals surface area (Å²) in [4.78, 5) is 16.9. The van der Waals surface area contributed by atoms with E-state index in [0.29, 0.717) is 61.3 Å². The third-order valence-electron chi connectivity index (χ3n) is 5.34. The Labute approximate surface area is 181 Å². The van der Waals surface area contributed by atoms with Crippen LogP contribution < -0.4 is 14.8 Å². The third-order valence-corrected chi connectivity index (χ3v) is 6.71. The molecule has 2 aliphatic rings. The maximum atomic E-state index is 12.9. The highest BCUT2D eigenvalue weighted by atomic mass is 32.2. The van der Waals surface area contributed by atoms with Crippen LogP contribution in [0.1, 0.15) is 10.4 Å². The van der Waals surface area contributed by atoms with Gasteiger partial charge in [0.1, 0.15) is 10.7 Å². The van der Waals surface area contributed by atoms with Gasteiger partial charge < -0.3 is 19.7 Å². The lowest BCUT2D eigenvalue weighted by Gasteiger charge is -2.35. The second kappa shape index (κ2) is 8.56. The minimum atomic E-state index is -3.70. The molecule has 0 saturated carbocycles. The number of amides is 1. The maximum Gasteiger partial charge on any atom is 0.286 e. The zero-order valence-corrected chi connectivity index (χ0v) is 18.2. The van der Waals surface area contributed by atoms with Crippen molar-refractivity contribution in [3.05, 3.63) is 48.0 Å². The summed E-state index contributed by atoms with van der Waals surface area (Å²) in [5.41, 5.74) is 1.07. The van der Waals surface area contributed by atoms with Crippen molar-refractivity contribution in [1.82, 2.24) is 9.80 Å². The molecular weight excluding hydrogens is 420 g/mol. The van der Waals surface area contributed by atoms with Gasteiger partial charge in [0.2, 0.25) is 0 Å². The molecule has 0 aromatic heterocycles.